The molecule has 3 rings (SSSR count). The van der Waals surface area contributed by atoms with Gasteiger partial charge >= 0.3 is 0 Å². The standard InChI is InChI=1S/C17H18NO2S/c1-18(2,3)20-11-12-8-9-16-14(10-12)17(19)13-6-4-5-7-15(13)21-16/h4-10H,11H2,1-3H3/q+1. The topological polar surface area (TPSA) is 26.3 Å². The predicted molar refractivity (Wildman–Crippen MR) is 88.4 cm³/mol. The van der Waals surface area contributed by atoms with Crippen molar-refractivity contribution in [3.8, 4) is 0 Å². The van der Waals surface area contributed by atoms with Crippen LogP contribution in [0.3, 0.4) is 0 Å². The second-order valence-electron chi connectivity index (χ2n) is 5.92. The summed E-state index contributed by atoms with van der Waals surface area (Å²) in [5, 5.41) is 1.57. The molecule has 0 saturated heterocycles. The van der Waals surface area contributed by atoms with Gasteiger partial charge in [0.25, 0.3) is 0 Å². The van der Waals surface area contributed by atoms with Crippen LogP contribution < -0.4 is 5.43 Å². The number of rotatable bonds is 3. The molecule has 0 bridgehead atoms. The van der Waals surface area contributed by atoms with E-state index in [0.29, 0.717) is 11.3 Å². The molecule has 0 spiro atoms. The molecule has 3 nitrogen and oxygen atoms in total. The fourth-order valence-electron chi connectivity index (χ4n) is 2.21. The SMILES string of the molecule is C[N+](C)(C)OCc1ccc2sc3ccccc3c(=O)c2c1. The van der Waals surface area contributed by atoms with Gasteiger partial charge in [-0.1, -0.05) is 18.2 Å². The van der Waals surface area contributed by atoms with Gasteiger partial charge in [-0.2, -0.15) is 9.48 Å². The first-order valence-electron chi connectivity index (χ1n) is 6.84. The maximum Gasteiger partial charge on any atom is 0.195 e. The molecule has 0 radical (unpaired) electrons. The van der Waals surface area contributed by atoms with Crippen LogP contribution in [0.15, 0.2) is 47.3 Å². The van der Waals surface area contributed by atoms with Crippen molar-refractivity contribution in [2.75, 3.05) is 21.1 Å². The summed E-state index contributed by atoms with van der Waals surface area (Å²) in [5.41, 5.74) is 1.13. The quantitative estimate of drug-likeness (QED) is 0.420. The van der Waals surface area contributed by atoms with Crippen LogP contribution >= 0.6 is 11.3 Å². The summed E-state index contributed by atoms with van der Waals surface area (Å²) in [7, 11) is 5.90. The number of fused-ring (bicyclic) bond motifs is 2. The highest BCUT2D eigenvalue weighted by atomic mass is 32.1. The van der Waals surface area contributed by atoms with Crippen LogP contribution in [0.5, 0.6) is 0 Å². The van der Waals surface area contributed by atoms with E-state index in [1.807, 2.05) is 63.6 Å². The van der Waals surface area contributed by atoms with E-state index < -0.39 is 0 Å². The van der Waals surface area contributed by atoms with Crippen LogP contribution in [-0.2, 0) is 11.4 Å². The average Bonchev–Trinajstić information content (AvgIpc) is 2.45. The molecule has 4 heteroatoms. The van der Waals surface area contributed by atoms with E-state index in [1.54, 1.807) is 11.3 Å². The molecule has 108 valence electrons. The third-order valence-corrected chi connectivity index (χ3v) is 4.41. The first-order chi connectivity index (χ1) is 9.94. The average molecular weight is 300 g/mol. The Hall–Kier alpha value is -1.75. The summed E-state index contributed by atoms with van der Waals surface area (Å²) in [6.07, 6.45) is 0. The van der Waals surface area contributed by atoms with E-state index in [0.717, 1.165) is 25.7 Å². The van der Waals surface area contributed by atoms with Crippen LogP contribution in [0, 0.1) is 0 Å². The Morgan fingerprint density at radius 3 is 2.48 bits per heavy atom. The van der Waals surface area contributed by atoms with Gasteiger partial charge in [0.1, 0.15) is 6.61 Å². The summed E-state index contributed by atoms with van der Waals surface area (Å²) in [4.78, 5) is 18.3. The number of nitrogens with zero attached hydrogens (tertiary/aromatic N) is 1. The maximum absolute atomic E-state index is 12.6. The summed E-state index contributed by atoms with van der Waals surface area (Å²) >= 11 is 1.65. The maximum atomic E-state index is 12.6. The van der Waals surface area contributed by atoms with Crippen LogP contribution in [-0.4, -0.2) is 25.8 Å². The van der Waals surface area contributed by atoms with E-state index in [1.165, 1.54) is 0 Å². The highest BCUT2D eigenvalue weighted by molar-refractivity contribution is 7.24. The monoisotopic (exact) mass is 300 g/mol. The Labute approximate surface area is 127 Å². The number of quaternary nitrogens is 1. The smallest absolute Gasteiger partial charge is 0.195 e. The molecule has 0 saturated carbocycles. The van der Waals surface area contributed by atoms with E-state index >= 15 is 0 Å². The Bertz CT molecular complexity index is 862. The fourth-order valence-corrected chi connectivity index (χ4v) is 3.26. The minimum Gasteiger partial charge on any atom is -0.289 e. The Kier molecular flexibility index (Phi) is 3.53. The van der Waals surface area contributed by atoms with Gasteiger partial charge in [-0.15, -0.1) is 11.3 Å². The molecular weight excluding hydrogens is 282 g/mol. The molecule has 0 fully saturated rings. The molecule has 0 aliphatic rings. The molecule has 0 aliphatic heterocycles. The van der Waals surface area contributed by atoms with Crippen LogP contribution in [0.2, 0.25) is 0 Å². The van der Waals surface area contributed by atoms with Crippen molar-refractivity contribution >= 4 is 31.5 Å². The van der Waals surface area contributed by atoms with Gasteiger partial charge in [0.15, 0.2) is 5.43 Å². The summed E-state index contributed by atoms with van der Waals surface area (Å²) in [5.74, 6) is 0. The number of hydroxylamine groups is 3. The zero-order valence-electron chi connectivity index (χ0n) is 12.4. The lowest BCUT2D eigenvalue weighted by molar-refractivity contribution is -1.06. The number of benzene rings is 2. The van der Waals surface area contributed by atoms with E-state index in [4.69, 9.17) is 4.84 Å². The molecule has 0 aliphatic carbocycles. The first kappa shape index (κ1) is 14.2. The minimum atomic E-state index is 0.103. The van der Waals surface area contributed by atoms with E-state index in [9.17, 15) is 4.79 Å². The zero-order chi connectivity index (χ0) is 15.0. The fraction of sp³-hybridized carbons (Fsp3) is 0.235. The van der Waals surface area contributed by atoms with Crippen molar-refractivity contribution in [3.63, 3.8) is 0 Å². The summed E-state index contributed by atoms with van der Waals surface area (Å²) < 4.78 is 2.49. The van der Waals surface area contributed by atoms with Crippen molar-refractivity contribution in [1.29, 1.82) is 0 Å². The molecular formula is C17H18NO2S+. The van der Waals surface area contributed by atoms with Crippen LogP contribution in [0.25, 0.3) is 20.2 Å². The highest BCUT2D eigenvalue weighted by Gasteiger charge is 2.10. The lowest BCUT2D eigenvalue weighted by Gasteiger charge is -2.21. The van der Waals surface area contributed by atoms with Crippen molar-refractivity contribution in [2.24, 2.45) is 0 Å². The van der Waals surface area contributed by atoms with Gasteiger partial charge in [-0.3, -0.25) is 4.79 Å². The molecule has 1 heterocycles. The van der Waals surface area contributed by atoms with E-state index in [2.05, 4.69) is 0 Å². The van der Waals surface area contributed by atoms with Crippen LogP contribution in [0.4, 0.5) is 0 Å². The molecule has 0 N–H and O–H groups in total. The molecule has 21 heavy (non-hydrogen) atoms. The van der Waals surface area contributed by atoms with Crippen molar-refractivity contribution in [1.82, 2.24) is 0 Å². The van der Waals surface area contributed by atoms with Gasteiger partial charge in [0.2, 0.25) is 0 Å². The third-order valence-electron chi connectivity index (χ3n) is 3.26. The lowest BCUT2D eigenvalue weighted by Crippen LogP contribution is -2.34. The van der Waals surface area contributed by atoms with Gasteiger partial charge in [0.05, 0.1) is 21.1 Å². The van der Waals surface area contributed by atoms with Crippen LogP contribution in [0.1, 0.15) is 5.56 Å². The molecule has 2 aromatic carbocycles. The first-order valence-corrected chi connectivity index (χ1v) is 7.66. The largest absolute Gasteiger partial charge is 0.289 e. The highest BCUT2D eigenvalue weighted by Crippen LogP contribution is 2.25. The van der Waals surface area contributed by atoms with Gasteiger partial charge in [-0.25, -0.2) is 0 Å². The zero-order valence-corrected chi connectivity index (χ0v) is 13.2. The number of hydrogen-bond donors (Lipinski definition) is 0. The molecule has 0 unspecified atom stereocenters. The second-order valence-corrected chi connectivity index (χ2v) is 7.00. The van der Waals surface area contributed by atoms with Crippen molar-refractivity contribution in [3.05, 3.63) is 58.3 Å². The lowest BCUT2D eigenvalue weighted by atomic mass is 10.1. The predicted octanol–water partition coefficient (Wildman–Crippen LogP) is 3.55. The minimum absolute atomic E-state index is 0.103. The van der Waals surface area contributed by atoms with E-state index in [-0.39, 0.29) is 5.43 Å². The van der Waals surface area contributed by atoms with Crippen molar-refractivity contribution < 1.29 is 9.48 Å². The van der Waals surface area contributed by atoms with Gasteiger partial charge in [-0.05, 0) is 29.8 Å². The van der Waals surface area contributed by atoms with Gasteiger partial charge in [0, 0.05) is 20.2 Å². The Morgan fingerprint density at radius 2 is 1.71 bits per heavy atom. The summed E-state index contributed by atoms with van der Waals surface area (Å²) in [6, 6.07) is 13.8. The van der Waals surface area contributed by atoms with Gasteiger partial charge < -0.3 is 0 Å². The Balaban J connectivity index is 2.11. The summed E-state index contributed by atoms with van der Waals surface area (Å²) in [6.45, 7) is 0.496. The second kappa shape index (κ2) is 5.22. The molecule has 1 aromatic heterocycles. The molecule has 0 amide bonds. The third kappa shape index (κ3) is 2.97. The normalized spacial score (nSPS) is 12.1. The molecule has 3 aromatic rings. The Morgan fingerprint density at radius 1 is 1.00 bits per heavy atom. The number of hydrogen-bond acceptors (Lipinski definition) is 3. The molecule has 0 atom stereocenters. The van der Waals surface area contributed by atoms with Crippen molar-refractivity contribution in [2.45, 2.75) is 6.61 Å².